The van der Waals surface area contributed by atoms with Gasteiger partial charge in [0.2, 0.25) is 5.91 Å². The first-order valence-corrected chi connectivity index (χ1v) is 4.93. The number of aliphatic hydroxyl groups excluding tert-OH is 1. The van der Waals surface area contributed by atoms with E-state index in [0.29, 0.717) is 0 Å². The second kappa shape index (κ2) is 5.40. The molecule has 5 nitrogen and oxygen atoms in total. The predicted octanol–water partition coefficient (Wildman–Crippen LogP) is -0.290. The van der Waals surface area contributed by atoms with Gasteiger partial charge in [0.25, 0.3) is 5.91 Å². The second-order valence-electron chi connectivity index (χ2n) is 3.61. The van der Waals surface area contributed by atoms with E-state index in [9.17, 15) is 14.0 Å². The summed E-state index contributed by atoms with van der Waals surface area (Å²) < 4.78 is 13.3. The zero-order valence-corrected chi connectivity index (χ0v) is 9.24. The lowest BCUT2D eigenvalue weighted by Crippen LogP contribution is -2.40. The normalized spacial score (nSPS) is 11.9. The van der Waals surface area contributed by atoms with Gasteiger partial charge in [0.15, 0.2) is 0 Å². The molecule has 4 N–H and O–H groups in total. The van der Waals surface area contributed by atoms with E-state index in [-0.39, 0.29) is 12.1 Å². The molecule has 1 aromatic carbocycles. The van der Waals surface area contributed by atoms with Gasteiger partial charge in [-0.25, -0.2) is 4.39 Å². The van der Waals surface area contributed by atoms with E-state index >= 15 is 0 Å². The first-order valence-electron chi connectivity index (χ1n) is 4.93. The largest absolute Gasteiger partial charge is 0.381 e. The molecule has 1 rings (SSSR count). The highest BCUT2D eigenvalue weighted by atomic mass is 19.1. The summed E-state index contributed by atoms with van der Waals surface area (Å²) in [4.78, 5) is 22.0. The Morgan fingerprint density at radius 1 is 1.53 bits per heavy atom. The maximum absolute atomic E-state index is 13.3. The van der Waals surface area contributed by atoms with Crippen molar-refractivity contribution in [2.75, 3.05) is 6.54 Å². The molecule has 0 saturated heterocycles. The van der Waals surface area contributed by atoms with Crippen molar-refractivity contribution >= 4 is 11.8 Å². The SMILES string of the molecule is Cc1ccc(F)c(C(=O)NCC(O)C(N)=O)c1. The fraction of sp³-hybridized carbons (Fsp3) is 0.273. The van der Waals surface area contributed by atoms with Gasteiger partial charge in [-0.05, 0) is 19.1 Å². The number of halogens is 1. The Hall–Kier alpha value is -1.95. The number of aliphatic hydroxyl groups is 1. The van der Waals surface area contributed by atoms with Gasteiger partial charge in [-0.15, -0.1) is 0 Å². The Morgan fingerprint density at radius 3 is 2.76 bits per heavy atom. The number of nitrogens with two attached hydrogens (primary N) is 1. The number of amides is 2. The van der Waals surface area contributed by atoms with E-state index in [2.05, 4.69) is 5.32 Å². The second-order valence-corrected chi connectivity index (χ2v) is 3.61. The molecule has 0 spiro atoms. The number of hydrogen-bond acceptors (Lipinski definition) is 3. The van der Waals surface area contributed by atoms with Crippen LogP contribution in [0, 0.1) is 12.7 Å². The van der Waals surface area contributed by atoms with Crippen molar-refractivity contribution < 1.29 is 19.1 Å². The Balaban J connectivity index is 2.70. The fourth-order valence-corrected chi connectivity index (χ4v) is 1.20. The molecular formula is C11H13FN2O3. The van der Waals surface area contributed by atoms with Crippen molar-refractivity contribution in [2.45, 2.75) is 13.0 Å². The minimum absolute atomic E-state index is 0.137. The summed E-state index contributed by atoms with van der Waals surface area (Å²) in [5, 5.41) is 11.3. The summed E-state index contributed by atoms with van der Waals surface area (Å²) in [5.74, 6) is -2.32. The highest BCUT2D eigenvalue weighted by Gasteiger charge is 2.15. The van der Waals surface area contributed by atoms with Crippen molar-refractivity contribution in [1.29, 1.82) is 0 Å². The maximum atomic E-state index is 13.3. The van der Waals surface area contributed by atoms with Crippen LogP contribution in [-0.2, 0) is 4.79 Å². The van der Waals surface area contributed by atoms with Crippen LogP contribution in [0.5, 0.6) is 0 Å². The monoisotopic (exact) mass is 240 g/mol. The van der Waals surface area contributed by atoms with Gasteiger partial charge in [-0.1, -0.05) is 11.6 Å². The van der Waals surface area contributed by atoms with Crippen LogP contribution < -0.4 is 11.1 Å². The molecule has 92 valence electrons. The van der Waals surface area contributed by atoms with Crippen molar-refractivity contribution in [3.8, 4) is 0 Å². The molecule has 1 atom stereocenters. The number of benzene rings is 1. The highest BCUT2D eigenvalue weighted by molar-refractivity contribution is 5.95. The minimum Gasteiger partial charge on any atom is -0.381 e. The molecule has 0 bridgehead atoms. The number of hydrogen-bond donors (Lipinski definition) is 3. The quantitative estimate of drug-likeness (QED) is 0.675. The Kier molecular flexibility index (Phi) is 4.17. The smallest absolute Gasteiger partial charge is 0.254 e. The molecule has 2 amide bonds. The van der Waals surface area contributed by atoms with Gasteiger partial charge in [0.05, 0.1) is 12.1 Å². The summed E-state index contributed by atoms with van der Waals surface area (Å²) in [5.41, 5.74) is 5.39. The highest BCUT2D eigenvalue weighted by Crippen LogP contribution is 2.09. The topological polar surface area (TPSA) is 92.4 Å². The molecule has 17 heavy (non-hydrogen) atoms. The molecule has 1 unspecified atom stereocenters. The summed E-state index contributed by atoms with van der Waals surface area (Å²) in [6, 6.07) is 4.08. The number of rotatable bonds is 4. The third-order valence-electron chi connectivity index (χ3n) is 2.15. The van der Waals surface area contributed by atoms with E-state index in [1.165, 1.54) is 18.2 Å². The molecule has 0 aliphatic heterocycles. The number of aryl methyl sites for hydroxylation is 1. The standard InChI is InChI=1S/C11H13FN2O3/c1-6-2-3-8(12)7(4-6)11(17)14-5-9(15)10(13)16/h2-4,9,15H,5H2,1H3,(H2,13,16)(H,14,17). The van der Waals surface area contributed by atoms with Crippen LogP contribution in [0.25, 0.3) is 0 Å². The molecule has 0 saturated carbocycles. The Morgan fingerprint density at radius 2 is 2.18 bits per heavy atom. The Labute approximate surface area is 97.4 Å². The van der Waals surface area contributed by atoms with Gasteiger partial charge < -0.3 is 16.2 Å². The number of nitrogens with one attached hydrogen (secondary N) is 1. The zero-order chi connectivity index (χ0) is 13.0. The van der Waals surface area contributed by atoms with Gasteiger partial charge in [-0.3, -0.25) is 9.59 Å². The van der Waals surface area contributed by atoms with Crippen LogP contribution in [0.3, 0.4) is 0 Å². The average molecular weight is 240 g/mol. The van der Waals surface area contributed by atoms with Crippen LogP contribution in [0.4, 0.5) is 4.39 Å². The number of primary amides is 1. The summed E-state index contributed by atoms with van der Waals surface area (Å²) in [6.07, 6.45) is -1.48. The fourth-order valence-electron chi connectivity index (χ4n) is 1.20. The summed E-state index contributed by atoms with van der Waals surface area (Å²) in [7, 11) is 0. The van der Waals surface area contributed by atoms with Crippen molar-refractivity contribution in [3.05, 3.63) is 35.1 Å². The van der Waals surface area contributed by atoms with E-state index in [1.807, 2.05) is 0 Å². The molecule has 0 aliphatic carbocycles. The number of carbonyl (C=O) groups excluding carboxylic acids is 2. The first-order chi connectivity index (χ1) is 7.91. The van der Waals surface area contributed by atoms with Crippen LogP contribution in [0.15, 0.2) is 18.2 Å². The van der Waals surface area contributed by atoms with Gasteiger partial charge >= 0.3 is 0 Å². The van der Waals surface area contributed by atoms with Gasteiger partial charge in [0, 0.05) is 0 Å². The van der Waals surface area contributed by atoms with Crippen molar-refractivity contribution in [1.82, 2.24) is 5.32 Å². The third kappa shape index (κ3) is 3.53. The predicted molar refractivity (Wildman–Crippen MR) is 58.7 cm³/mol. The van der Waals surface area contributed by atoms with E-state index in [0.717, 1.165) is 5.56 Å². The molecule has 0 fully saturated rings. The molecule has 0 radical (unpaired) electrons. The first kappa shape index (κ1) is 13.1. The molecule has 1 aromatic rings. The van der Waals surface area contributed by atoms with E-state index in [4.69, 9.17) is 10.8 Å². The molecular weight excluding hydrogens is 227 g/mol. The Bertz CT molecular complexity index is 448. The lowest BCUT2D eigenvalue weighted by atomic mass is 10.1. The number of carbonyl (C=O) groups is 2. The van der Waals surface area contributed by atoms with Crippen LogP contribution in [0.1, 0.15) is 15.9 Å². The van der Waals surface area contributed by atoms with Gasteiger partial charge in [0.1, 0.15) is 11.9 Å². The zero-order valence-electron chi connectivity index (χ0n) is 9.24. The third-order valence-corrected chi connectivity index (χ3v) is 2.15. The average Bonchev–Trinajstić information content (AvgIpc) is 2.28. The van der Waals surface area contributed by atoms with E-state index < -0.39 is 23.7 Å². The molecule has 0 aromatic heterocycles. The van der Waals surface area contributed by atoms with Crippen molar-refractivity contribution in [2.24, 2.45) is 5.73 Å². The lowest BCUT2D eigenvalue weighted by Gasteiger charge is -2.09. The van der Waals surface area contributed by atoms with Gasteiger partial charge in [-0.2, -0.15) is 0 Å². The summed E-state index contributed by atoms with van der Waals surface area (Å²) >= 11 is 0. The molecule has 0 aliphatic rings. The lowest BCUT2D eigenvalue weighted by molar-refractivity contribution is -0.125. The molecule has 0 heterocycles. The maximum Gasteiger partial charge on any atom is 0.254 e. The van der Waals surface area contributed by atoms with Crippen molar-refractivity contribution in [3.63, 3.8) is 0 Å². The van der Waals surface area contributed by atoms with Crippen LogP contribution >= 0.6 is 0 Å². The van der Waals surface area contributed by atoms with Crippen LogP contribution in [-0.4, -0.2) is 29.6 Å². The summed E-state index contributed by atoms with van der Waals surface area (Å²) in [6.45, 7) is 1.37. The van der Waals surface area contributed by atoms with Crippen LogP contribution in [0.2, 0.25) is 0 Å². The van der Waals surface area contributed by atoms with E-state index in [1.54, 1.807) is 6.92 Å². The minimum atomic E-state index is -1.48. The molecule has 6 heteroatoms.